The van der Waals surface area contributed by atoms with E-state index in [4.69, 9.17) is 15.1 Å². The maximum Gasteiger partial charge on any atom is 0.340 e. The summed E-state index contributed by atoms with van der Waals surface area (Å²) in [5.74, 6) is -2.49. The third-order valence-electron chi connectivity index (χ3n) is 8.81. The SMILES string of the molecule is C=C(C)C(=O)OC(=O)C(=C)C.C=C(C)C(=O)OCCNC(=O)/C(C#N)=C/c1ccc(N2CCS(=O)(=O)CC2)cc1.N#C/C(=C\c1ccc(N2CCS(=O)(=O)CC2)cc1)C(=O)NCCO. The van der Waals surface area contributed by atoms with E-state index in [1.54, 1.807) is 24.3 Å². The molecule has 342 valence electrons. The van der Waals surface area contributed by atoms with E-state index in [1.165, 1.54) is 32.9 Å². The number of hydrogen-bond donors (Lipinski definition) is 3. The van der Waals surface area contributed by atoms with Crippen molar-refractivity contribution >= 4 is 72.9 Å². The van der Waals surface area contributed by atoms with Gasteiger partial charge in [0.25, 0.3) is 11.8 Å². The highest BCUT2D eigenvalue weighted by Gasteiger charge is 2.23. The van der Waals surface area contributed by atoms with Crippen molar-refractivity contribution in [2.24, 2.45) is 0 Å². The van der Waals surface area contributed by atoms with Crippen LogP contribution < -0.4 is 20.4 Å². The number of nitriles is 2. The van der Waals surface area contributed by atoms with Crippen LogP contribution in [0.2, 0.25) is 0 Å². The van der Waals surface area contributed by atoms with Crippen LogP contribution in [0.5, 0.6) is 0 Å². The summed E-state index contributed by atoms with van der Waals surface area (Å²) < 4.78 is 55.1. The lowest BCUT2D eigenvalue weighted by Gasteiger charge is -2.28. The summed E-state index contributed by atoms with van der Waals surface area (Å²) >= 11 is 0. The van der Waals surface area contributed by atoms with Gasteiger partial charge in [0, 0.05) is 60.8 Å². The van der Waals surface area contributed by atoms with Crippen LogP contribution in [0.3, 0.4) is 0 Å². The molecule has 2 amide bonds. The van der Waals surface area contributed by atoms with Gasteiger partial charge in [0.1, 0.15) is 29.9 Å². The molecule has 0 radical (unpaired) electrons. The molecule has 2 fully saturated rings. The van der Waals surface area contributed by atoms with Gasteiger partial charge in [-0.25, -0.2) is 31.2 Å². The summed E-state index contributed by atoms with van der Waals surface area (Å²) in [6, 6.07) is 18.1. The molecule has 0 atom stereocenters. The molecule has 20 heteroatoms. The van der Waals surface area contributed by atoms with Crippen LogP contribution >= 0.6 is 0 Å². The fraction of sp³-hybridized carbons (Fsp3) is 0.341. The fourth-order valence-corrected chi connectivity index (χ4v) is 7.59. The van der Waals surface area contributed by atoms with Gasteiger partial charge < -0.3 is 35.0 Å². The summed E-state index contributed by atoms with van der Waals surface area (Å²) in [4.78, 5) is 60.4. The predicted molar refractivity (Wildman–Crippen MR) is 241 cm³/mol. The second kappa shape index (κ2) is 25.9. The Labute approximate surface area is 373 Å². The molecule has 0 aromatic heterocycles. The van der Waals surface area contributed by atoms with Gasteiger partial charge >= 0.3 is 17.9 Å². The number of esters is 3. The smallest absolute Gasteiger partial charge is 0.340 e. The molecule has 64 heavy (non-hydrogen) atoms. The molecule has 2 aliphatic rings. The fourth-order valence-electron chi connectivity index (χ4n) is 5.18. The number of hydrogen-bond acceptors (Lipinski definition) is 16. The normalized spacial score (nSPS) is 15.1. The maximum absolute atomic E-state index is 12.1. The van der Waals surface area contributed by atoms with Crippen molar-refractivity contribution in [1.29, 1.82) is 10.5 Å². The Morgan fingerprint density at radius 3 is 1.30 bits per heavy atom. The second-order valence-corrected chi connectivity index (χ2v) is 18.8. The Balaban J connectivity index is 0.000000362. The third kappa shape index (κ3) is 19.0. The van der Waals surface area contributed by atoms with Crippen molar-refractivity contribution in [2.45, 2.75) is 20.8 Å². The summed E-state index contributed by atoms with van der Waals surface area (Å²) in [6.07, 6.45) is 2.93. The molecule has 4 rings (SSSR count). The van der Waals surface area contributed by atoms with Crippen LogP contribution in [0.4, 0.5) is 11.4 Å². The van der Waals surface area contributed by atoms with Gasteiger partial charge in [0.05, 0.1) is 36.2 Å². The zero-order valence-electron chi connectivity index (χ0n) is 35.9. The number of carbonyl (C=O) groups excluding carboxylic acids is 5. The van der Waals surface area contributed by atoms with E-state index in [0.29, 0.717) is 37.3 Å². The van der Waals surface area contributed by atoms with Gasteiger partial charge in [-0.2, -0.15) is 10.5 Å². The predicted octanol–water partition coefficient (Wildman–Crippen LogP) is 2.21. The highest BCUT2D eigenvalue weighted by molar-refractivity contribution is 7.91. The van der Waals surface area contributed by atoms with E-state index in [0.717, 1.165) is 11.4 Å². The highest BCUT2D eigenvalue weighted by atomic mass is 32.2. The lowest BCUT2D eigenvalue weighted by atomic mass is 10.1. The van der Waals surface area contributed by atoms with Gasteiger partial charge in [-0.3, -0.25) is 9.59 Å². The lowest BCUT2D eigenvalue weighted by Crippen LogP contribution is -2.40. The summed E-state index contributed by atoms with van der Waals surface area (Å²) in [6.45, 7) is 16.3. The van der Waals surface area contributed by atoms with Crippen LogP contribution in [0.15, 0.2) is 96.1 Å². The second-order valence-electron chi connectivity index (χ2n) is 14.2. The van der Waals surface area contributed by atoms with Gasteiger partial charge in [-0.15, -0.1) is 0 Å². The monoisotopic (exact) mass is 920 g/mol. The largest absolute Gasteiger partial charge is 0.460 e. The first kappa shape index (κ1) is 53.3. The zero-order chi connectivity index (χ0) is 48.0. The van der Waals surface area contributed by atoms with Gasteiger partial charge in [-0.05, 0) is 68.3 Å². The summed E-state index contributed by atoms with van der Waals surface area (Å²) in [7, 11) is -5.86. The quantitative estimate of drug-likeness (QED) is 0.0806. The van der Waals surface area contributed by atoms with E-state index in [2.05, 4.69) is 35.1 Å². The molecule has 2 aromatic rings. The average Bonchev–Trinajstić information content (AvgIpc) is 3.26. The first-order valence-corrected chi connectivity index (χ1v) is 23.2. The van der Waals surface area contributed by atoms with Crippen LogP contribution in [-0.2, 0) is 53.1 Å². The van der Waals surface area contributed by atoms with Gasteiger partial charge in [0.2, 0.25) is 0 Å². The molecule has 2 aromatic carbocycles. The topological polar surface area (TPSA) is 270 Å². The van der Waals surface area contributed by atoms with Crippen molar-refractivity contribution in [3.8, 4) is 12.1 Å². The minimum absolute atomic E-state index is 0.0175. The molecule has 3 N–H and O–H groups in total. The van der Waals surface area contributed by atoms with E-state index in [9.17, 15) is 46.1 Å². The number of nitrogens with one attached hydrogen (secondary N) is 2. The average molecular weight is 921 g/mol. The summed E-state index contributed by atoms with van der Waals surface area (Å²) in [5, 5.41) is 31.9. The molecular formula is C44H52N6O12S2. The number of sulfone groups is 2. The van der Waals surface area contributed by atoms with Gasteiger partial charge in [-0.1, -0.05) is 44.0 Å². The number of rotatable bonds is 14. The van der Waals surface area contributed by atoms with Crippen molar-refractivity contribution in [3.63, 3.8) is 0 Å². The Hall–Kier alpha value is -6.87. The standard InChI is InChI=1S/C20H23N3O5S.C16H19N3O4S.C8H10O3/c1-15(2)20(25)28-10-7-22-19(24)17(14-21)13-16-3-5-18(6-4-16)23-8-11-29(26,27)12-9-23;17-12-14(16(21)18-5-8-20)11-13-1-3-15(4-2-13)19-6-9-24(22,23)10-7-19;1-5(2)7(9)11-8(10)6(3)4/h3-6,13H,1,7-12H2,2H3,(H,22,24);1-4,11,20H,5-10H2,(H,18,21);1,3H2,2,4H3/b17-13+;14-11+;. The van der Waals surface area contributed by atoms with Crippen molar-refractivity contribution in [2.75, 3.05) is 85.3 Å². The lowest BCUT2D eigenvalue weighted by molar-refractivity contribution is -0.154. The van der Waals surface area contributed by atoms with E-state index < -0.39 is 49.4 Å². The summed E-state index contributed by atoms with van der Waals surface area (Å²) in [5.41, 5.74) is 3.69. The maximum atomic E-state index is 12.1. The van der Waals surface area contributed by atoms with E-state index in [1.807, 2.05) is 46.2 Å². The Kier molecular flexibility index (Phi) is 21.6. The van der Waals surface area contributed by atoms with E-state index >= 15 is 0 Å². The molecular weight excluding hydrogens is 869 g/mol. The molecule has 0 bridgehead atoms. The Morgan fingerprint density at radius 1 is 0.641 bits per heavy atom. The number of nitrogens with zero attached hydrogens (tertiary/aromatic N) is 4. The van der Waals surface area contributed by atoms with Gasteiger partial charge in [0.15, 0.2) is 19.7 Å². The molecule has 18 nitrogen and oxygen atoms in total. The van der Waals surface area contributed by atoms with Crippen LogP contribution in [0.1, 0.15) is 31.9 Å². The van der Waals surface area contributed by atoms with Crippen LogP contribution in [-0.4, -0.2) is 127 Å². The molecule has 0 unspecified atom stereocenters. The van der Waals surface area contributed by atoms with Crippen molar-refractivity contribution < 1.29 is 55.4 Å². The number of carbonyl (C=O) groups is 5. The molecule has 2 aliphatic heterocycles. The number of aliphatic hydroxyl groups is 1. The molecule has 0 saturated carbocycles. The van der Waals surface area contributed by atoms with E-state index in [-0.39, 0.29) is 77.2 Å². The van der Waals surface area contributed by atoms with Crippen LogP contribution in [0, 0.1) is 22.7 Å². The van der Waals surface area contributed by atoms with Crippen LogP contribution in [0.25, 0.3) is 12.2 Å². The number of amides is 2. The minimum atomic E-state index is -2.94. The number of anilines is 2. The number of aliphatic hydroxyl groups excluding tert-OH is 1. The molecule has 2 saturated heterocycles. The number of ether oxygens (including phenoxy) is 2. The Morgan fingerprint density at radius 2 is 0.984 bits per heavy atom. The minimum Gasteiger partial charge on any atom is -0.460 e. The Bertz CT molecular complexity index is 2400. The molecule has 0 aliphatic carbocycles. The third-order valence-corrected chi connectivity index (χ3v) is 12.0. The first-order chi connectivity index (χ1) is 30.1. The van der Waals surface area contributed by atoms with Crippen molar-refractivity contribution in [3.05, 3.63) is 107 Å². The zero-order valence-corrected chi connectivity index (χ0v) is 37.6. The number of benzene rings is 2. The highest BCUT2D eigenvalue weighted by Crippen LogP contribution is 2.21. The first-order valence-electron chi connectivity index (χ1n) is 19.5. The molecule has 2 heterocycles. The molecule has 0 spiro atoms. The van der Waals surface area contributed by atoms with Crippen molar-refractivity contribution in [1.82, 2.24) is 10.6 Å².